The summed E-state index contributed by atoms with van der Waals surface area (Å²) in [7, 11) is 0. The van der Waals surface area contributed by atoms with E-state index in [2.05, 4.69) is 4.98 Å². The molecule has 1 aromatic heterocycles. The van der Waals surface area contributed by atoms with Crippen LogP contribution in [0.25, 0.3) is 0 Å². The molecule has 4 nitrogen and oxygen atoms in total. The summed E-state index contributed by atoms with van der Waals surface area (Å²) in [4.78, 5) is 3.94. The van der Waals surface area contributed by atoms with E-state index in [9.17, 15) is 0 Å². The lowest BCUT2D eigenvalue weighted by Gasteiger charge is -2.05. The van der Waals surface area contributed by atoms with Crippen LogP contribution in [0.15, 0.2) is 18.3 Å². The van der Waals surface area contributed by atoms with E-state index >= 15 is 0 Å². The molecule has 0 aromatic carbocycles. The first-order valence-corrected chi connectivity index (χ1v) is 4.88. The van der Waals surface area contributed by atoms with Gasteiger partial charge in [0.2, 0.25) is 0 Å². The van der Waals surface area contributed by atoms with Crippen LogP contribution in [0.4, 0.5) is 0 Å². The summed E-state index contributed by atoms with van der Waals surface area (Å²) < 4.78 is 10.5. The van der Waals surface area contributed by atoms with E-state index in [0.29, 0.717) is 32.1 Å². The van der Waals surface area contributed by atoms with Crippen LogP contribution < -0.4 is 0 Å². The molecule has 0 saturated heterocycles. The van der Waals surface area contributed by atoms with E-state index in [1.165, 1.54) is 0 Å². The number of aromatic nitrogens is 1. The van der Waals surface area contributed by atoms with Crippen LogP contribution in [0.5, 0.6) is 0 Å². The van der Waals surface area contributed by atoms with Gasteiger partial charge in [0.15, 0.2) is 0 Å². The molecule has 0 bridgehead atoms. The predicted octanol–water partition coefficient (Wildman–Crippen LogP) is 1.51. The predicted molar refractivity (Wildman–Crippen MR) is 55.1 cm³/mol. The van der Waals surface area contributed by atoms with E-state index in [-0.39, 0.29) is 0 Å². The summed E-state index contributed by atoms with van der Waals surface area (Å²) in [6, 6.07) is 5.66. The first-order valence-electron chi connectivity index (χ1n) is 4.88. The summed E-state index contributed by atoms with van der Waals surface area (Å²) in [5.74, 6) is 0. The van der Waals surface area contributed by atoms with Crippen LogP contribution >= 0.6 is 0 Å². The molecule has 0 N–H and O–H groups in total. The Bertz CT molecular complexity index is 334. The van der Waals surface area contributed by atoms with Gasteiger partial charge in [-0.05, 0) is 13.0 Å². The zero-order valence-corrected chi connectivity index (χ0v) is 8.77. The van der Waals surface area contributed by atoms with Gasteiger partial charge >= 0.3 is 0 Å². The molecule has 0 unspecified atom stereocenters. The normalized spacial score (nSPS) is 9.87. The summed E-state index contributed by atoms with van der Waals surface area (Å²) in [6.45, 7) is 4.16. The maximum atomic E-state index is 8.77. The first-order chi connectivity index (χ1) is 7.38. The summed E-state index contributed by atoms with van der Waals surface area (Å²) in [5, 5.41) is 8.77. The first kappa shape index (κ1) is 11.6. The van der Waals surface area contributed by atoms with Gasteiger partial charge in [0.1, 0.15) is 11.8 Å². The summed E-state index contributed by atoms with van der Waals surface area (Å²) in [6.07, 6.45) is 1.60. The molecule has 0 radical (unpaired) electrons. The second-order valence-electron chi connectivity index (χ2n) is 2.87. The van der Waals surface area contributed by atoms with Gasteiger partial charge in [-0.15, -0.1) is 0 Å². The quantitative estimate of drug-likeness (QED) is 0.662. The van der Waals surface area contributed by atoms with Crippen molar-refractivity contribution in [2.45, 2.75) is 13.5 Å². The van der Waals surface area contributed by atoms with Crippen LogP contribution in [-0.4, -0.2) is 24.8 Å². The topological polar surface area (TPSA) is 55.1 Å². The van der Waals surface area contributed by atoms with Crippen LogP contribution in [0, 0.1) is 11.3 Å². The molecule has 80 valence electrons. The largest absolute Gasteiger partial charge is 0.379 e. The van der Waals surface area contributed by atoms with Crippen LogP contribution in [0.3, 0.4) is 0 Å². The van der Waals surface area contributed by atoms with E-state index in [0.717, 1.165) is 5.56 Å². The Hall–Kier alpha value is -1.44. The molecule has 15 heavy (non-hydrogen) atoms. The Kier molecular flexibility index (Phi) is 5.38. The average molecular weight is 206 g/mol. The standard InChI is InChI=1S/C11H14N2O2/c1-2-14-6-7-15-9-10-4-3-5-13-11(10)8-12/h3-5H,2,6-7,9H2,1H3. The lowest BCUT2D eigenvalue weighted by Crippen LogP contribution is -2.05. The Morgan fingerprint density at radius 3 is 2.93 bits per heavy atom. The van der Waals surface area contributed by atoms with Crippen molar-refractivity contribution in [3.05, 3.63) is 29.6 Å². The molecule has 4 heteroatoms. The van der Waals surface area contributed by atoms with Crippen molar-refractivity contribution in [3.8, 4) is 6.07 Å². The Morgan fingerprint density at radius 1 is 1.40 bits per heavy atom. The lowest BCUT2D eigenvalue weighted by atomic mass is 10.2. The highest BCUT2D eigenvalue weighted by molar-refractivity contribution is 5.29. The summed E-state index contributed by atoms with van der Waals surface area (Å²) >= 11 is 0. The van der Waals surface area contributed by atoms with Crippen molar-refractivity contribution < 1.29 is 9.47 Å². The zero-order valence-electron chi connectivity index (χ0n) is 8.77. The molecule has 0 aliphatic carbocycles. The maximum absolute atomic E-state index is 8.77. The molecule has 0 fully saturated rings. The van der Waals surface area contributed by atoms with Gasteiger partial charge < -0.3 is 9.47 Å². The number of hydrogen-bond donors (Lipinski definition) is 0. The van der Waals surface area contributed by atoms with Crippen LogP contribution in [0.1, 0.15) is 18.2 Å². The highest BCUT2D eigenvalue weighted by Crippen LogP contribution is 2.05. The molecule has 0 saturated carbocycles. The fraction of sp³-hybridized carbons (Fsp3) is 0.455. The number of ether oxygens (including phenoxy) is 2. The van der Waals surface area contributed by atoms with Gasteiger partial charge in [-0.2, -0.15) is 5.26 Å². The summed E-state index contributed by atoms with van der Waals surface area (Å²) in [5.41, 5.74) is 1.24. The van der Waals surface area contributed by atoms with E-state index < -0.39 is 0 Å². The minimum atomic E-state index is 0.407. The maximum Gasteiger partial charge on any atom is 0.145 e. The molecule has 1 rings (SSSR count). The number of nitrogens with zero attached hydrogens (tertiary/aromatic N) is 2. The fourth-order valence-electron chi connectivity index (χ4n) is 1.10. The molecule has 0 spiro atoms. The second-order valence-corrected chi connectivity index (χ2v) is 2.87. The van der Waals surface area contributed by atoms with Gasteiger partial charge in [0.25, 0.3) is 0 Å². The minimum Gasteiger partial charge on any atom is -0.379 e. The number of hydrogen-bond acceptors (Lipinski definition) is 4. The number of pyridine rings is 1. The molecular weight excluding hydrogens is 192 g/mol. The molecule has 0 aliphatic heterocycles. The fourth-order valence-corrected chi connectivity index (χ4v) is 1.10. The van der Waals surface area contributed by atoms with Gasteiger partial charge in [0, 0.05) is 18.4 Å². The van der Waals surface area contributed by atoms with Gasteiger partial charge in [-0.1, -0.05) is 6.07 Å². The highest BCUT2D eigenvalue weighted by Gasteiger charge is 2.01. The van der Waals surface area contributed by atoms with E-state index in [1.807, 2.05) is 19.1 Å². The highest BCUT2D eigenvalue weighted by atomic mass is 16.5. The Labute approximate surface area is 89.5 Å². The van der Waals surface area contributed by atoms with Gasteiger partial charge in [-0.3, -0.25) is 0 Å². The van der Waals surface area contributed by atoms with E-state index in [4.69, 9.17) is 14.7 Å². The third kappa shape index (κ3) is 4.07. The minimum absolute atomic E-state index is 0.407. The molecule has 1 aromatic rings. The van der Waals surface area contributed by atoms with Crippen molar-refractivity contribution in [2.24, 2.45) is 0 Å². The van der Waals surface area contributed by atoms with Crippen molar-refractivity contribution in [1.29, 1.82) is 5.26 Å². The van der Waals surface area contributed by atoms with Crippen molar-refractivity contribution in [2.75, 3.05) is 19.8 Å². The SMILES string of the molecule is CCOCCOCc1cccnc1C#N. The van der Waals surface area contributed by atoms with E-state index in [1.54, 1.807) is 12.3 Å². The molecule has 0 aliphatic rings. The van der Waals surface area contributed by atoms with Crippen molar-refractivity contribution in [1.82, 2.24) is 4.98 Å². The number of nitriles is 1. The van der Waals surface area contributed by atoms with Gasteiger partial charge in [0.05, 0.1) is 19.8 Å². The van der Waals surface area contributed by atoms with Crippen molar-refractivity contribution >= 4 is 0 Å². The molecule has 0 amide bonds. The molecule has 1 heterocycles. The third-order valence-electron chi connectivity index (χ3n) is 1.83. The average Bonchev–Trinajstić information content (AvgIpc) is 2.29. The Balaban J connectivity index is 2.34. The monoisotopic (exact) mass is 206 g/mol. The molecule has 0 atom stereocenters. The van der Waals surface area contributed by atoms with Crippen molar-refractivity contribution in [3.63, 3.8) is 0 Å². The number of rotatable bonds is 6. The molecular formula is C11H14N2O2. The van der Waals surface area contributed by atoms with Gasteiger partial charge in [-0.25, -0.2) is 4.98 Å². The van der Waals surface area contributed by atoms with Crippen LogP contribution in [-0.2, 0) is 16.1 Å². The second kappa shape index (κ2) is 6.93. The third-order valence-corrected chi connectivity index (χ3v) is 1.83. The lowest BCUT2D eigenvalue weighted by molar-refractivity contribution is 0.0451. The zero-order chi connectivity index (χ0) is 10.9. The smallest absolute Gasteiger partial charge is 0.145 e. The Morgan fingerprint density at radius 2 is 2.20 bits per heavy atom. The van der Waals surface area contributed by atoms with Crippen LogP contribution in [0.2, 0.25) is 0 Å².